The Bertz CT molecular complexity index is 522. The van der Waals surface area contributed by atoms with Gasteiger partial charge in [-0.05, 0) is 35.8 Å². The number of hydrogen-bond donors (Lipinski definition) is 1. The lowest BCUT2D eigenvalue weighted by Crippen LogP contribution is -2.00. The van der Waals surface area contributed by atoms with Crippen LogP contribution in [-0.2, 0) is 0 Å². The largest absolute Gasteiger partial charge is 0.469 e. The van der Waals surface area contributed by atoms with Crippen LogP contribution in [0, 0.1) is 13.8 Å². The molecule has 2 rings (SSSR count). The second kappa shape index (κ2) is 4.25. The van der Waals surface area contributed by atoms with Crippen LogP contribution in [0.3, 0.4) is 0 Å². The molecule has 0 aliphatic rings. The van der Waals surface area contributed by atoms with Crippen molar-refractivity contribution < 1.29 is 4.42 Å². The fourth-order valence-corrected chi connectivity index (χ4v) is 1.84. The summed E-state index contributed by atoms with van der Waals surface area (Å²) in [6, 6.07) is 1.87. The van der Waals surface area contributed by atoms with E-state index in [-0.39, 0.29) is 0 Å². The van der Waals surface area contributed by atoms with Gasteiger partial charge in [0.25, 0.3) is 0 Å². The summed E-state index contributed by atoms with van der Waals surface area (Å²) in [7, 11) is 1.83. The molecule has 0 atom stereocenters. The smallest absolute Gasteiger partial charge is 0.165 e. The molecule has 2 aromatic rings. The fraction of sp³-hybridized carbons (Fsp3) is 0.273. The quantitative estimate of drug-likeness (QED) is 0.919. The van der Waals surface area contributed by atoms with E-state index < -0.39 is 0 Å². The van der Waals surface area contributed by atoms with Gasteiger partial charge in [0.2, 0.25) is 0 Å². The van der Waals surface area contributed by atoms with Gasteiger partial charge < -0.3 is 9.73 Å². The molecule has 0 bridgehead atoms. The molecular weight excluding hydrogens is 270 g/mol. The number of hydrogen-bond acceptors (Lipinski definition) is 4. The summed E-state index contributed by atoms with van der Waals surface area (Å²) >= 11 is 3.45. The van der Waals surface area contributed by atoms with E-state index in [2.05, 4.69) is 31.2 Å². The van der Waals surface area contributed by atoms with Gasteiger partial charge in [0.15, 0.2) is 5.82 Å². The SMILES string of the molecule is CNc1nc(-c2ccoc2C)nc(C)c1Br. The summed E-state index contributed by atoms with van der Waals surface area (Å²) in [6.45, 7) is 3.83. The highest BCUT2D eigenvalue weighted by Gasteiger charge is 2.12. The zero-order valence-corrected chi connectivity index (χ0v) is 10.9. The van der Waals surface area contributed by atoms with E-state index in [9.17, 15) is 0 Å². The number of anilines is 1. The molecule has 0 amide bonds. The molecular formula is C11H12BrN3O. The molecule has 5 heteroatoms. The average Bonchev–Trinajstić information content (AvgIpc) is 2.68. The van der Waals surface area contributed by atoms with Crippen molar-refractivity contribution in [2.24, 2.45) is 0 Å². The van der Waals surface area contributed by atoms with Crippen LogP contribution in [0.4, 0.5) is 5.82 Å². The Labute approximate surface area is 102 Å². The molecule has 84 valence electrons. The summed E-state index contributed by atoms with van der Waals surface area (Å²) in [5.41, 5.74) is 1.82. The highest BCUT2D eigenvalue weighted by Crippen LogP contribution is 2.28. The summed E-state index contributed by atoms with van der Waals surface area (Å²) in [6.07, 6.45) is 1.64. The minimum atomic E-state index is 0.677. The molecule has 1 N–H and O–H groups in total. The minimum absolute atomic E-state index is 0.677. The highest BCUT2D eigenvalue weighted by molar-refractivity contribution is 9.10. The van der Waals surface area contributed by atoms with Crippen LogP contribution in [0.15, 0.2) is 21.2 Å². The number of furan rings is 1. The molecule has 0 radical (unpaired) electrons. The predicted molar refractivity (Wildman–Crippen MR) is 66.5 cm³/mol. The van der Waals surface area contributed by atoms with Crippen LogP contribution in [-0.4, -0.2) is 17.0 Å². The Morgan fingerprint density at radius 1 is 1.31 bits per heavy atom. The maximum absolute atomic E-state index is 5.25. The van der Waals surface area contributed by atoms with Gasteiger partial charge in [-0.3, -0.25) is 0 Å². The van der Waals surface area contributed by atoms with E-state index in [1.54, 1.807) is 6.26 Å². The molecule has 0 spiro atoms. The van der Waals surface area contributed by atoms with E-state index in [0.29, 0.717) is 5.82 Å². The Morgan fingerprint density at radius 2 is 2.06 bits per heavy atom. The van der Waals surface area contributed by atoms with Gasteiger partial charge in [0.1, 0.15) is 11.6 Å². The number of nitrogens with one attached hydrogen (secondary N) is 1. The van der Waals surface area contributed by atoms with Crippen molar-refractivity contribution >= 4 is 21.7 Å². The zero-order chi connectivity index (χ0) is 11.7. The normalized spacial score (nSPS) is 10.5. The van der Waals surface area contributed by atoms with Crippen molar-refractivity contribution in [3.05, 3.63) is 28.3 Å². The number of aromatic nitrogens is 2. The first kappa shape index (κ1) is 11.1. The lowest BCUT2D eigenvalue weighted by molar-refractivity contribution is 0.535. The van der Waals surface area contributed by atoms with Gasteiger partial charge in [-0.2, -0.15) is 0 Å². The molecule has 4 nitrogen and oxygen atoms in total. The first-order valence-electron chi connectivity index (χ1n) is 4.90. The number of halogens is 1. The maximum Gasteiger partial charge on any atom is 0.165 e. The molecule has 2 heterocycles. The third-order valence-electron chi connectivity index (χ3n) is 2.35. The van der Waals surface area contributed by atoms with Gasteiger partial charge in [0, 0.05) is 7.05 Å². The van der Waals surface area contributed by atoms with Crippen molar-refractivity contribution in [3.63, 3.8) is 0 Å². The fourth-order valence-electron chi connectivity index (χ4n) is 1.46. The number of nitrogens with zero attached hydrogens (tertiary/aromatic N) is 2. The molecule has 0 saturated carbocycles. The van der Waals surface area contributed by atoms with Crippen molar-refractivity contribution in [1.29, 1.82) is 0 Å². The van der Waals surface area contributed by atoms with E-state index >= 15 is 0 Å². The van der Waals surface area contributed by atoms with Gasteiger partial charge in [-0.1, -0.05) is 0 Å². The molecule has 0 aromatic carbocycles. The first-order chi connectivity index (χ1) is 7.63. The Morgan fingerprint density at radius 3 is 2.62 bits per heavy atom. The molecule has 0 aliphatic carbocycles. The molecule has 16 heavy (non-hydrogen) atoms. The van der Waals surface area contributed by atoms with Gasteiger partial charge >= 0.3 is 0 Å². The third-order valence-corrected chi connectivity index (χ3v) is 3.30. The Kier molecular flexibility index (Phi) is 2.96. The van der Waals surface area contributed by atoms with Crippen LogP contribution in [0.1, 0.15) is 11.5 Å². The summed E-state index contributed by atoms with van der Waals surface area (Å²) in [4.78, 5) is 8.85. The number of rotatable bonds is 2. The van der Waals surface area contributed by atoms with Gasteiger partial charge in [-0.15, -0.1) is 0 Å². The van der Waals surface area contributed by atoms with Crippen LogP contribution >= 0.6 is 15.9 Å². The maximum atomic E-state index is 5.25. The lowest BCUT2D eigenvalue weighted by Gasteiger charge is -2.07. The lowest BCUT2D eigenvalue weighted by atomic mass is 10.2. The van der Waals surface area contributed by atoms with Crippen molar-refractivity contribution in [2.45, 2.75) is 13.8 Å². The topological polar surface area (TPSA) is 51.0 Å². The minimum Gasteiger partial charge on any atom is -0.469 e. The summed E-state index contributed by atoms with van der Waals surface area (Å²) < 4.78 is 6.14. The van der Waals surface area contributed by atoms with E-state index in [1.807, 2.05) is 27.0 Å². The molecule has 2 aromatic heterocycles. The van der Waals surface area contributed by atoms with E-state index in [0.717, 1.165) is 27.3 Å². The summed E-state index contributed by atoms with van der Waals surface area (Å²) in [5.74, 6) is 2.28. The Balaban J connectivity index is 2.59. The third kappa shape index (κ3) is 1.82. The molecule has 0 saturated heterocycles. The van der Waals surface area contributed by atoms with Crippen LogP contribution in [0.2, 0.25) is 0 Å². The first-order valence-corrected chi connectivity index (χ1v) is 5.69. The van der Waals surface area contributed by atoms with Gasteiger partial charge in [-0.25, -0.2) is 9.97 Å². The Hall–Kier alpha value is -1.36. The molecule has 0 fully saturated rings. The van der Waals surface area contributed by atoms with E-state index in [4.69, 9.17) is 4.42 Å². The zero-order valence-electron chi connectivity index (χ0n) is 9.34. The van der Waals surface area contributed by atoms with Crippen LogP contribution in [0.25, 0.3) is 11.4 Å². The van der Waals surface area contributed by atoms with Crippen molar-refractivity contribution in [2.75, 3.05) is 12.4 Å². The number of aryl methyl sites for hydroxylation is 2. The van der Waals surface area contributed by atoms with Crippen molar-refractivity contribution in [1.82, 2.24) is 9.97 Å². The highest BCUT2D eigenvalue weighted by atomic mass is 79.9. The van der Waals surface area contributed by atoms with Crippen LogP contribution < -0.4 is 5.32 Å². The van der Waals surface area contributed by atoms with Crippen LogP contribution in [0.5, 0.6) is 0 Å². The van der Waals surface area contributed by atoms with Crippen molar-refractivity contribution in [3.8, 4) is 11.4 Å². The van der Waals surface area contributed by atoms with E-state index in [1.165, 1.54) is 0 Å². The standard InChI is InChI=1S/C11H12BrN3O/c1-6-9(12)11(13-3)15-10(14-6)8-4-5-16-7(8)2/h4-5H,1-3H3,(H,13,14,15). The summed E-state index contributed by atoms with van der Waals surface area (Å²) in [5, 5.41) is 3.03. The van der Waals surface area contributed by atoms with Gasteiger partial charge in [0.05, 0.1) is 22.0 Å². The second-order valence-corrected chi connectivity index (χ2v) is 4.23. The molecule has 0 unspecified atom stereocenters. The monoisotopic (exact) mass is 281 g/mol. The average molecular weight is 282 g/mol. The molecule has 0 aliphatic heterocycles. The predicted octanol–water partition coefficient (Wildman–Crippen LogP) is 3.16. The second-order valence-electron chi connectivity index (χ2n) is 3.44.